The van der Waals surface area contributed by atoms with Gasteiger partial charge in [0.15, 0.2) is 11.7 Å². The summed E-state index contributed by atoms with van der Waals surface area (Å²) in [5.74, 6) is -1.12. The summed E-state index contributed by atoms with van der Waals surface area (Å²) >= 11 is 0.740. The highest BCUT2D eigenvalue weighted by atomic mass is 32.1. The number of carbonyl (C=O) groups excluding carboxylic acids is 3. The Morgan fingerprint density at radius 2 is 1.88 bits per heavy atom. The van der Waals surface area contributed by atoms with E-state index < -0.39 is 23.8 Å². The maximum Gasteiger partial charge on any atom is 0.273 e. The SMILES string of the molecule is COCCNC(=O)[C@H](c1ccc(C)o1)N(C(=O)c1snc(C(N)=O)c1N)c1ccc(C)cc1. The van der Waals surface area contributed by atoms with Crippen molar-refractivity contribution in [2.24, 2.45) is 5.73 Å². The number of nitrogens with zero attached hydrogens (tertiary/aromatic N) is 2. The number of hydrogen-bond donors (Lipinski definition) is 3. The second kappa shape index (κ2) is 10.3. The summed E-state index contributed by atoms with van der Waals surface area (Å²) in [5.41, 5.74) is 12.4. The standard InChI is InChI=1S/C22H25N5O5S/c1-12-4-7-14(8-5-12)27(22(30)19-16(23)17(20(24)28)26-33-19)18(15-9-6-13(2)32-15)21(29)25-10-11-31-3/h4-9,18H,10-11,23H2,1-3H3,(H2,24,28)(H,25,29)/t18-/m0/s1. The topological polar surface area (TPSA) is 154 Å². The Bertz CT molecular complexity index is 1150. The molecule has 2 aromatic heterocycles. The van der Waals surface area contributed by atoms with Crippen molar-refractivity contribution in [2.75, 3.05) is 30.9 Å². The molecule has 5 N–H and O–H groups in total. The predicted molar refractivity (Wildman–Crippen MR) is 124 cm³/mol. The van der Waals surface area contributed by atoms with Gasteiger partial charge in [-0.2, -0.15) is 4.37 Å². The van der Waals surface area contributed by atoms with Crippen LogP contribution in [-0.4, -0.2) is 42.4 Å². The number of methoxy groups -OCH3 is 1. The van der Waals surface area contributed by atoms with E-state index in [1.165, 1.54) is 12.0 Å². The number of hydrogen-bond acceptors (Lipinski definition) is 8. The molecule has 0 radical (unpaired) electrons. The van der Waals surface area contributed by atoms with Crippen molar-refractivity contribution in [1.29, 1.82) is 0 Å². The van der Waals surface area contributed by atoms with E-state index in [1.54, 1.807) is 31.2 Å². The maximum absolute atomic E-state index is 13.8. The molecule has 3 aromatic rings. The highest BCUT2D eigenvalue weighted by Crippen LogP contribution is 2.33. The maximum atomic E-state index is 13.8. The van der Waals surface area contributed by atoms with Crippen molar-refractivity contribution in [1.82, 2.24) is 9.69 Å². The summed E-state index contributed by atoms with van der Waals surface area (Å²) in [5, 5.41) is 2.76. The quantitative estimate of drug-likeness (QED) is 0.404. The van der Waals surface area contributed by atoms with Crippen LogP contribution in [0.1, 0.15) is 43.3 Å². The Labute approximate surface area is 194 Å². The second-order valence-corrected chi connectivity index (χ2v) is 8.06. The van der Waals surface area contributed by atoms with Gasteiger partial charge in [-0.1, -0.05) is 17.7 Å². The lowest BCUT2D eigenvalue weighted by atomic mass is 10.1. The van der Waals surface area contributed by atoms with Gasteiger partial charge in [-0.05, 0) is 49.6 Å². The van der Waals surface area contributed by atoms with Crippen LogP contribution >= 0.6 is 11.5 Å². The third-order valence-electron chi connectivity index (χ3n) is 4.83. The van der Waals surface area contributed by atoms with Crippen LogP contribution in [0, 0.1) is 13.8 Å². The number of nitrogens with one attached hydrogen (secondary N) is 1. The first kappa shape index (κ1) is 24.0. The smallest absolute Gasteiger partial charge is 0.273 e. The van der Waals surface area contributed by atoms with Gasteiger partial charge < -0.3 is 25.9 Å². The average Bonchev–Trinajstić information content (AvgIpc) is 3.38. The zero-order valence-electron chi connectivity index (χ0n) is 18.5. The van der Waals surface area contributed by atoms with E-state index in [2.05, 4.69) is 9.69 Å². The number of ether oxygens (including phenoxy) is 1. The summed E-state index contributed by atoms with van der Waals surface area (Å²) in [7, 11) is 1.52. The van der Waals surface area contributed by atoms with Gasteiger partial charge in [0.25, 0.3) is 17.7 Å². The Balaban J connectivity index is 2.14. The van der Waals surface area contributed by atoms with E-state index in [1.807, 2.05) is 19.1 Å². The molecule has 0 spiro atoms. The number of amides is 3. The molecule has 0 aliphatic carbocycles. The number of benzene rings is 1. The third kappa shape index (κ3) is 5.21. The fourth-order valence-corrected chi connectivity index (χ4v) is 3.92. The number of anilines is 2. The molecule has 0 bridgehead atoms. The fraction of sp³-hybridized carbons (Fsp3) is 0.273. The minimum atomic E-state index is -1.16. The van der Waals surface area contributed by atoms with Crippen LogP contribution in [0.25, 0.3) is 0 Å². The molecule has 3 rings (SSSR count). The van der Waals surface area contributed by atoms with E-state index in [0.717, 1.165) is 17.1 Å². The molecule has 1 atom stereocenters. The molecule has 3 amide bonds. The Kier molecular flexibility index (Phi) is 7.46. The number of nitrogen functional groups attached to an aromatic ring is 1. The van der Waals surface area contributed by atoms with E-state index in [0.29, 0.717) is 11.4 Å². The minimum absolute atomic E-state index is 0.0117. The van der Waals surface area contributed by atoms with Crippen LogP contribution in [0.5, 0.6) is 0 Å². The second-order valence-electron chi connectivity index (χ2n) is 7.28. The van der Waals surface area contributed by atoms with Crippen LogP contribution in [0.3, 0.4) is 0 Å². The van der Waals surface area contributed by atoms with E-state index >= 15 is 0 Å². The van der Waals surface area contributed by atoms with Crippen molar-refractivity contribution in [2.45, 2.75) is 19.9 Å². The average molecular weight is 472 g/mol. The summed E-state index contributed by atoms with van der Waals surface area (Å²) in [6, 6.07) is 9.23. The molecule has 0 aliphatic rings. The molecule has 11 heteroatoms. The van der Waals surface area contributed by atoms with Crippen molar-refractivity contribution in [3.8, 4) is 0 Å². The van der Waals surface area contributed by atoms with Crippen molar-refractivity contribution in [3.63, 3.8) is 0 Å². The summed E-state index contributed by atoms with van der Waals surface area (Å²) in [6.07, 6.45) is 0. The molecule has 1 aromatic carbocycles. The summed E-state index contributed by atoms with van der Waals surface area (Å²) in [6.45, 7) is 4.16. The first-order valence-electron chi connectivity index (χ1n) is 10.0. The lowest BCUT2D eigenvalue weighted by molar-refractivity contribution is -0.123. The number of carbonyl (C=O) groups is 3. The molecule has 174 valence electrons. The largest absolute Gasteiger partial charge is 0.464 e. The fourth-order valence-electron chi connectivity index (χ4n) is 3.17. The normalized spacial score (nSPS) is 11.7. The highest BCUT2D eigenvalue weighted by Gasteiger charge is 2.37. The third-order valence-corrected chi connectivity index (χ3v) is 5.68. The summed E-state index contributed by atoms with van der Waals surface area (Å²) in [4.78, 5) is 39.9. The van der Waals surface area contributed by atoms with Gasteiger partial charge in [0.05, 0.1) is 12.3 Å². The van der Waals surface area contributed by atoms with Gasteiger partial charge in [0, 0.05) is 19.3 Å². The van der Waals surface area contributed by atoms with E-state index in [4.69, 9.17) is 20.6 Å². The Morgan fingerprint density at radius 3 is 2.42 bits per heavy atom. The number of nitrogens with two attached hydrogens (primary N) is 2. The van der Waals surface area contributed by atoms with Gasteiger partial charge in [-0.15, -0.1) is 0 Å². The Hall–Kier alpha value is -3.70. The molecule has 0 fully saturated rings. The molecule has 33 heavy (non-hydrogen) atoms. The molecular formula is C22H25N5O5S. The van der Waals surface area contributed by atoms with Crippen LogP contribution < -0.4 is 21.7 Å². The van der Waals surface area contributed by atoms with Gasteiger partial charge >= 0.3 is 0 Å². The van der Waals surface area contributed by atoms with Crippen LogP contribution in [-0.2, 0) is 9.53 Å². The van der Waals surface area contributed by atoms with E-state index in [-0.39, 0.29) is 35.2 Å². The molecule has 0 unspecified atom stereocenters. The number of furan rings is 1. The minimum Gasteiger partial charge on any atom is -0.464 e. The van der Waals surface area contributed by atoms with Gasteiger partial charge in [-0.3, -0.25) is 19.3 Å². The monoisotopic (exact) mass is 471 g/mol. The molecule has 0 saturated carbocycles. The highest BCUT2D eigenvalue weighted by molar-refractivity contribution is 7.09. The molecule has 10 nitrogen and oxygen atoms in total. The van der Waals surface area contributed by atoms with Crippen LogP contribution in [0.2, 0.25) is 0 Å². The lowest BCUT2D eigenvalue weighted by Gasteiger charge is -2.29. The van der Waals surface area contributed by atoms with E-state index in [9.17, 15) is 14.4 Å². The number of aromatic nitrogens is 1. The number of rotatable bonds is 9. The van der Waals surface area contributed by atoms with Gasteiger partial charge in [-0.25, -0.2) is 0 Å². The van der Waals surface area contributed by atoms with Gasteiger partial charge in [0.1, 0.15) is 16.4 Å². The van der Waals surface area contributed by atoms with Crippen LogP contribution in [0.4, 0.5) is 11.4 Å². The zero-order chi connectivity index (χ0) is 24.1. The predicted octanol–water partition coefficient (Wildman–Crippen LogP) is 2.18. The number of primary amides is 1. The van der Waals surface area contributed by atoms with Crippen molar-refractivity contribution < 1.29 is 23.5 Å². The van der Waals surface area contributed by atoms with Gasteiger partial charge in [0.2, 0.25) is 0 Å². The molecule has 2 heterocycles. The first-order chi connectivity index (χ1) is 15.7. The molecule has 0 aliphatic heterocycles. The molecule has 0 saturated heterocycles. The molecular weight excluding hydrogens is 446 g/mol. The van der Waals surface area contributed by atoms with Crippen molar-refractivity contribution >= 4 is 40.6 Å². The van der Waals surface area contributed by atoms with Crippen molar-refractivity contribution in [3.05, 3.63) is 64.1 Å². The zero-order valence-corrected chi connectivity index (χ0v) is 19.3. The number of aryl methyl sites for hydroxylation is 2. The van der Waals surface area contributed by atoms with Crippen LogP contribution in [0.15, 0.2) is 40.8 Å². The summed E-state index contributed by atoms with van der Waals surface area (Å²) < 4.78 is 14.7. The lowest BCUT2D eigenvalue weighted by Crippen LogP contribution is -2.44. The Morgan fingerprint density at radius 1 is 1.18 bits per heavy atom. The first-order valence-corrected chi connectivity index (χ1v) is 10.8.